The predicted octanol–water partition coefficient (Wildman–Crippen LogP) is 5.14. The average molecular weight is 458 g/mol. The van der Waals surface area contributed by atoms with Gasteiger partial charge in [0.1, 0.15) is 0 Å². The van der Waals surface area contributed by atoms with Crippen LogP contribution in [0.2, 0.25) is 4.34 Å². The van der Waals surface area contributed by atoms with Gasteiger partial charge in [0.15, 0.2) is 6.61 Å². The highest BCUT2D eigenvalue weighted by molar-refractivity contribution is 7.18. The molecule has 1 aromatic carbocycles. The Hall–Kier alpha value is -2.18. The van der Waals surface area contributed by atoms with Crippen LogP contribution in [-0.2, 0) is 4.74 Å². The fraction of sp³-hybridized carbons (Fsp3) is 0.458. The van der Waals surface area contributed by atoms with Crippen molar-refractivity contribution in [3.8, 4) is 0 Å². The van der Waals surface area contributed by atoms with Crippen LogP contribution in [0.3, 0.4) is 0 Å². The molecule has 1 amide bonds. The van der Waals surface area contributed by atoms with Gasteiger partial charge in [-0.1, -0.05) is 23.7 Å². The summed E-state index contributed by atoms with van der Waals surface area (Å²) in [7, 11) is 0. The number of ether oxygens (including phenoxy) is 1. The number of amides is 1. The third-order valence-electron chi connectivity index (χ3n) is 6.99. The van der Waals surface area contributed by atoms with Gasteiger partial charge in [-0.3, -0.25) is 9.59 Å². The molecule has 4 fully saturated rings. The van der Waals surface area contributed by atoms with Gasteiger partial charge in [-0.15, -0.1) is 11.3 Å². The largest absolute Gasteiger partial charge is 0.454 e. The maximum atomic E-state index is 13.2. The number of ketones is 1. The van der Waals surface area contributed by atoms with Crippen molar-refractivity contribution >= 4 is 40.6 Å². The summed E-state index contributed by atoms with van der Waals surface area (Å²) in [5.74, 6) is 0.912. The zero-order chi connectivity index (χ0) is 21.6. The molecule has 31 heavy (non-hydrogen) atoms. The Morgan fingerprint density at radius 2 is 1.58 bits per heavy atom. The summed E-state index contributed by atoms with van der Waals surface area (Å²) in [5.41, 5.74) is 0.341. The van der Waals surface area contributed by atoms with Gasteiger partial charge in [0.2, 0.25) is 5.78 Å². The number of benzene rings is 1. The minimum Gasteiger partial charge on any atom is -0.454 e. The molecule has 4 bridgehead atoms. The normalized spacial score (nSPS) is 28.4. The van der Waals surface area contributed by atoms with Gasteiger partial charge < -0.3 is 10.1 Å². The van der Waals surface area contributed by atoms with Crippen molar-refractivity contribution in [1.82, 2.24) is 5.32 Å². The van der Waals surface area contributed by atoms with E-state index in [9.17, 15) is 14.4 Å². The summed E-state index contributed by atoms with van der Waals surface area (Å²) in [6.07, 6.45) is 6.99. The molecule has 2 aromatic rings. The second-order valence-corrected chi connectivity index (χ2v) is 11.0. The zero-order valence-corrected chi connectivity index (χ0v) is 18.6. The van der Waals surface area contributed by atoms with Crippen LogP contribution in [0.25, 0.3) is 0 Å². The Morgan fingerprint density at radius 1 is 0.968 bits per heavy atom. The highest BCUT2D eigenvalue weighted by Crippen LogP contribution is 2.55. The molecule has 1 N–H and O–H groups in total. The average Bonchev–Trinajstić information content (AvgIpc) is 3.17. The van der Waals surface area contributed by atoms with E-state index in [1.807, 2.05) is 0 Å². The molecule has 0 atom stereocenters. The van der Waals surface area contributed by atoms with Crippen LogP contribution in [0.5, 0.6) is 0 Å². The second kappa shape index (κ2) is 8.06. The quantitative estimate of drug-likeness (QED) is 0.481. The molecular formula is C24H24ClNO4S. The lowest BCUT2D eigenvalue weighted by Gasteiger charge is -2.56. The van der Waals surface area contributed by atoms with E-state index in [-0.39, 0.29) is 29.4 Å². The molecule has 0 radical (unpaired) electrons. The SMILES string of the molecule is O=C(COC(=O)c1ccccc1C(=O)NC12CC3CC(CC(C3)C1)C2)c1ccc(Cl)s1. The van der Waals surface area contributed by atoms with Crippen molar-refractivity contribution < 1.29 is 19.1 Å². The lowest BCUT2D eigenvalue weighted by molar-refractivity contribution is -0.0167. The zero-order valence-electron chi connectivity index (χ0n) is 17.1. The minimum absolute atomic E-state index is 0.142. The third kappa shape index (κ3) is 4.15. The first-order valence-corrected chi connectivity index (χ1v) is 12.0. The van der Waals surface area contributed by atoms with Gasteiger partial charge in [0, 0.05) is 5.54 Å². The number of rotatable bonds is 6. The highest BCUT2D eigenvalue weighted by Gasteiger charge is 2.51. The van der Waals surface area contributed by atoms with E-state index in [1.165, 1.54) is 19.3 Å². The molecule has 6 rings (SSSR count). The van der Waals surface area contributed by atoms with Crippen molar-refractivity contribution in [1.29, 1.82) is 0 Å². The van der Waals surface area contributed by atoms with Gasteiger partial charge in [-0.25, -0.2) is 4.79 Å². The lowest BCUT2D eigenvalue weighted by Crippen LogP contribution is -2.59. The van der Waals surface area contributed by atoms with Crippen LogP contribution in [0, 0.1) is 17.8 Å². The number of thiophene rings is 1. The van der Waals surface area contributed by atoms with Crippen molar-refractivity contribution in [3.63, 3.8) is 0 Å². The van der Waals surface area contributed by atoms with Crippen molar-refractivity contribution in [3.05, 3.63) is 56.7 Å². The Morgan fingerprint density at radius 3 is 2.16 bits per heavy atom. The standard InChI is InChI=1S/C24H24ClNO4S/c25-21-6-5-20(31-21)19(27)13-30-23(29)18-4-2-1-3-17(18)22(28)26-24-10-14-7-15(11-24)9-16(8-14)12-24/h1-6,14-16H,7-13H2,(H,26,28). The number of carbonyl (C=O) groups is 3. The summed E-state index contributed by atoms with van der Waals surface area (Å²) in [4.78, 5) is 38.6. The first-order chi connectivity index (χ1) is 14.9. The van der Waals surface area contributed by atoms with Crippen LogP contribution < -0.4 is 5.32 Å². The molecule has 5 nitrogen and oxygen atoms in total. The van der Waals surface area contributed by atoms with E-state index in [2.05, 4.69) is 5.32 Å². The summed E-state index contributed by atoms with van der Waals surface area (Å²) in [6, 6.07) is 9.89. The van der Waals surface area contributed by atoms with Gasteiger partial charge >= 0.3 is 5.97 Å². The molecule has 4 saturated carbocycles. The van der Waals surface area contributed by atoms with Crippen molar-refractivity contribution in [2.45, 2.75) is 44.1 Å². The smallest absolute Gasteiger partial charge is 0.339 e. The van der Waals surface area contributed by atoms with E-state index in [0.29, 0.717) is 32.5 Å². The van der Waals surface area contributed by atoms with Crippen LogP contribution in [-0.4, -0.2) is 29.8 Å². The first-order valence-electron chi connectivity index (χ1n) is 10.8. The molecule has 4 aliphatic rings. The minimum atomic E-state index is -0.674. The first kappa shape index (κ1) is 20.7. The molecule has 0 spiro atoms. The highest BCUT2D eigenvalue weighted by atomic mass is 35.5. The van der Waals surface area contributed by atoms with Crippen molar-refractivity contribution in [2.24, 2.45) is 17.8 Å². The van der Waals surface area contributed by atoms with Crippen LogP contribution >= 0.6 is 22.9 Å². The van der Waals surface area contributed by atoms with Crippen LogP contribution in [0.1, 0.15) is 68.9 Å². The van der Waals surface area contributed by atoms with Crippen molar-refractivity contribution in [2.75, 3.05) is 6.61 Å². The molecular weight excluding hydrogens is 434 g/mol. The lowest BCUT2D eigenvalue weighted by atomic mass is 9.53. The van der Waals surface area contributed by atoms with Gasteiger partial charge in [0.05, 0.1) is 20.3 Å². The Labute approximate surface area is 190 Å². The molecule has 0 unspecified atom stereocenters. The summed E-state index contributed by atoms with van der Waals surface area (Å²) < 4.78 is 5.73. The van der Waals surface area contributed by atoms with Crippen LogP contribution in [0.4, 0.5) is 0 Å². The van der Waals surface area contributed by atoms with E-state index in [1.54, 1.807) is 36.4 Å². The molecule has 0 aliphatic heterocycles. The number of carbonyl (C=O) groups excluding carboxylic acids is 3. The van der Waals surface area contributed by atoms with E-state index < -0.39 is 5.97 Å². The maximum Gasteiger partial charge on any atom is 0.339 e. The van der Waals surface area contributed by atoms with E-state index in [0.717, 1.165) is 30.6 Å². The topological polar surface area (TPSA) is 72.5 Å². The molecule has 0 saturated heterocycles. The third-order valence-corrected chi connectivity index (χ3v) is 8.26. The van der Waals surface area contributed by atoms with Gasteiger partial charge in [0.25, 0.3) is 5.91 Å². The Kier molecular flexibility index (Phi) is 5.39. The molecule has 162 valence electrons. The monoisotopic (exact) mass is 457 g/mol. The maximum absolute atomic E-state index is 13.2. The number of hydrogen-bond acceptors (Lipinski definition) is 5. The molecule has 4 aliphatic carbocycles. The fourth-order valence-corrected chi connectivity index (χ4v) is 7.14. The summed E-state index contributed by atoms with van der Waals surface area (Å²) in [5, 5.41) is 3.30. The van der Waals surface area contributed by atoms with Crippen LogP contribution in [0.15, 0.2) is 36.4 Å². The Balaban J connectivity index is 1.28. The fourth-order valence-electron chi connectivity index (χ4n) is 6.18. The number of esters is 1. The number of halogens is 1. The number of nitrogens with one attached hydrogen (secondary N) is 1. The van der Waals surface area contributed by atoms with Gasteiger partial charge in [-0.2, -0.15) is 0 Å². The molecule has 7 heteroatoms. The van der Waals surface area contributed by atoms with E-state index >= 15 is 0 Å². The number of Topliss-reactive ketones (excluding diaryl/α,β-unsaturated/α-hetero) is 1. The predicted molar refractivity (Wildman–Crippen MR) is 119 cm³/mol. The summed E-state index contributed by atoms with van der Waals surface area (Å²) in [6.45, 7) is -0.388. The molecule has 1 aromatic heterocycles. The van der Waals surface area contributed by atoms with Gasteiger partial charge in [-0.05, 0) is 80.5 Å². The number of hydrogen-bond donors (Lipinski definition) is 1. The molecule has 1 heterocycles. The second-order valence-electron chi connectivity index (χ2n) is 9.30. The summed E-state index contributed by atoms with van der Waals surface area (Å²) >= 11 is 7.00. The Bertz CT molecular complexity index is 1010. The van der Waals surface area contributed by atoms with E-state index in [4.69, 9.17) is 16.3 Å².